The Morgan fingerprint density at radius 2 is 2.00 bits per heavy atom. The molecule has 0 saturated carbocycles. The van der Waals surface area contributed by atoms with Gasteiger partial charge < -0.3 is 5.32 Å². The lowest BCUT2D eigenvalue weighted by molar-refractivity contribution is -0.115. The molecule has 2 nitrogen and oxygen atoms in total. The van der Waals surface area contributed by atoms with Gasteiger partial charge in [-0.3, -0.25) is 4.79 Å². The summed E-state index contributed by atoms with van der Waals surface area (Å²) in [6, 6.07) is 10.1. The van der Waals surface area contributed by atoms with Crippen molar-refractivity contribution >= 4 is 5.78 Å². The highest BCUT2D eigenvalue weighted by Crippen LogP contribution is 1.99. The summed E-state index contributed by atoms with van der Waals surface area (Å²) in [7, 11) is 0. The number of nitrogens with one attached hydrogen (secondary N) is 1. The Bertz CT molecular complexity index is 341. The second kappa shape index (κ2) is 6.02. The van der Waals surface area contributed by atoms with Crippen LogP contribution in [0.25, 0.3) is 0 Å². The molecule has 0 fully saturated rings. The van der Waals surface area contributed by atoms with Crippen molar-refractivity contribution in [2.45, 2.75) is 26.8 Å². The highest BCUT2D eigenvalue weighted by Gasteiger charge is 1.99. The van der Waals surface area contributed by atoms with Crippen LogP contribution in [-0.2, 0) is 11.3 Å². The van der Waals surface area contributed by atoms with Crippen LogP contribution < -0.4 is 5.32 Å². The third kappa shape index (κ3) is 3.98. The van der Waals surface area contributed by atoms with E-state index in [0.29, 0.717) is 6.42 Å². The van der Waals surface area contributed by atoms with Crippen LogP contribution in [0, 0.1) is 0 Å². The first-order valence-electron chi connectivity index (χ1n) is 5.21. The van der Waals surface area contributed by atoms with Gasteiger partial charge in [0.1, 0.15) is 0 Å². The number of hydrogen-bond acceptors (Lipinski definition) is 2. The summed E-state index contributed by atoms with van der Waals surface area (Å²) in [5, 5.41) is 3.13. The zero-order valence-electron chi connectivity index (χ0n) is 9.29. The first kappa shape index (κ1) is 11.5. The summed E-state index contributed by atoms with van der Waals surface area (Å²) in [6.45, 7) is 4.47. The van der Waals surface area contributed by atoms with Crippen LogP contribution in [0.3, 0.4) is 0 Å². The van der Waals surface area contributed by atoms with E-state index in [4.69, 9.17) is 0 Å². The minimum atomic E-state index is 0.190. The van der Waals surface area contributed by atoms with E-state index in [0.717, 1.165) is 12.1 Å². The standard InChI is InChI=1S/C13H17NO/c1-3-13(15)11(2)9-14-10-12-7-5-4-6-8-12/h4-9,14H,3,10H2,1-2H3. The van der Waals surface area contributed by atoms with Gasteiger partial charge in [-0.25, -0.2) is 0 Å². The number of benzene rings is 1. The molecule has 0 bridgehead atoms. The number of carbonyl (C=O) groups is 1. The van der Waals surface area contributed by atoms with Gasteiger partial charge in [0, 0.05) is 24.7 Å². The van der Waals surface area contributed by atoms with Gasteiger partial charge in [0.05, 0.1) is 0 Å². The van der Waals surface area contributed by atoms with Gasteiger partial charge >= 0.3 is 0 Å². The zero-order valence-corrected chi connectivity index (χ0v) is 9.29. The van der Waals surface area contributed by atoms with Crippen LogP contribution >= 0.6 is 0 Å². The SMILES string of the molecule is CCC(=O)C(C)=CNCc1ccccc1. The minimum absolute atomic E-state index is 0.190. The summed E-state index contributed by atoms with van der Waals surface area (Å²) >= 11 is 0. The molecule has 0 aliphatic carbocycles. The fourth-order valence-corrected chi connectivity index (χ4v) is 1.28. The van der Waals surface area contributed by atoms with Crippen molar-refractivity contribution in [3.05, 3.63) is 47.7 Å². The average molecular weight is 203 g/mol. The van der Waals surface area contributed by atoms with Crippen LogP contribution in [0.5, 0.6) is 0 Å². The Labute approximate surface area is 91.0 Å². The van der Waals surface area contributed by atoms with Gasteiger partial charge in [0.15, 0.2) is 5.78 Å². The van der Waals surface area contributed by atoms with E-state index in [1.165, 1.54) is 5.56 Å². The van der Waals surface area contributed by atoms with Crippen molar-refractivity contribution in [2.24, 2.45) is 0 Å². The number of Topliss-reactive ketones (excluding diaryl/α,β-unsaturated/α-hetero) is 1. The molecule has 1 rings (SSSR count). The van der Waals surface area contributed by atoms with E-state index in [2.05, 4.69) is 17.4 Å². The first-order valence-corrected chi connectivity index (χ1v) is 5.21. The largest absolute Gasteiger partial charge is 0.386 e. The predicted molar refractivity (Wildman–Crippen MR) is 62.3 cm³/mol. The van der Waals surface area contributed by atoms with Crippen LogP contribution in [0.15, 0.2) is 42.1 Å². The van der Waals surface area contributed by atoms with Crippen molar-refractivity contribution in [1.29, 1.82) is 0 Å². The number of rotatable bonds is 5. The lowest BCUT2D eigenvalue weighted by Crippen LogP contribution is -2.08. The summed E-state index contributed by atoms with van der Waals surface area (Å²) in [6.07, 6.45) is 2.36. The molecule has 1 N–H and O–H groups in total. The molecule has 0 spiro atoms. The average Bonchev–Trinajstić information content (AvgIpc) is 2.29. The van der Waals surface area contributed by atoms with Crippen molar-refractivity contribution in [2.75, 3.05) is 0 Å². The fraction of sp³-hybridized carbons (Fsp3) is 0.308. The van der Waals surface area contributed by atoms with Crippen molar-refractivity contribution in [3.8, 4) is 0 Å². The lowest BCUT2D eigenvalue weighted by Gasteiger charge is -2.02. The molecule has 1 aromatic rings. The molecule has 1 aromatic carbocycles. The second-order valence-corrected chi connectivity index (χ2v) is 3.47. The number of carbonyl (C=O) groups excluding carboxylic acids is 1. The smallest absolute Gasteiger partial charge is 0.159 e. The fourth-order valence-electron chi connectivity index (χ4n) is 1.28. The normalized spacial score (nSPS) is 11.2. The molecular formula is C13H17NO. The van der Waals surface area contributed by atoms with Gasteiger partial charge in [-0.15, -0.1) is 0 Å². The molecule has 0 aliphatic heterocycles. The number of hydrogen-bond donors (Lipinski definition) is 1. The van der Waals surface area contributed by atoms with E-state index < -0.39 is 0 Å². The molecule has 0 saturated heterocycles. The van der Waals surface area contributed by atoms with Crippen molar-refractivity contribution in [1.82, 2.24) is 5.32 Å². The quantitative estimate of drug-likeness (QED) is 0.745. The van der Waals surface area contributed by atoms with Crippen LogP contribution in [-0.4, -0.2) is 5.78 Å². The van der Waals surface area contributed by atoms with Gasteiger partial charge in [-0.2, -0.15) is 0 Å². The molecule has 0 atom stereocenters. The minimum Gasteiger partial charge on any atom is -0.386 e. The van der Waals surface area contributed by atoms with Gasteiger partial charge in [0.25, 0.3) is 0 Å². The summed E-state index contributed by atoms with van der Waals surface area (Å²) in [4.78, 5) is 11.2. The van der Waals surface area contributed by atoms with Crippen LogP contribution in [0.4, 0.5) is 0 Å². The third-order valence-corrected chi connectivity index (χ3v) is 2.23. The molecule has 0 heterocycles. The maximum Gasteiger partial charge on any atom is 0.159 e. The third-order valence-electron chi connectivity index (χ3n) is 2.23. The Balaban J connectivity index is 2.42. The monoisotopic (exact) mass is 203 g/mol. The van der Waals surface area contributed by atoms with E-state index in [1.807, 2.05) is 32.0 Å². The summed E-state index contributed by atoms with van der Waals surface area (Å²) in [5.41, 5.74) is 2.00. The molecule has 0 aromatic heterocycles. The van der Waals surface area contributed by atoms with Gasteiger partial charge in [0.2, 0.25) is 0 Å². The van der Waals surface area contributed by atoms with Crippen LogP contribution in [0.1, 0.15) is 25.8 Å². The van der Waals surface area contributed by atoms with E-state index in [1.54, 1.807) is 6.20 Å². The lowest BCUT2D eigenvalue weighted by atomic mass is 10.1. The topological polar surface area (TPSA) is 29.1 Å². The Morgan fingerprint density at radius 3 is 2.60 bits per heavy atom. The summed E-state index contributed by atoms with van der Waals surface area (Å²) < 4.78 is 0. The molecule has 0 amide bonds. The molecule has 2 heteroatoms. The van der Waals surface area contributed by atoms with E-state index in [9.17, 15) is 4.79 Å². The Kier molecular flexibility index (Phi) is 4.61. The Hall–Kier alpha value is -1.57. The van der Waals surface area contributed by atoms with Gasteiger partial charge in [-0.05, 0) is 12.5 Å². The van der Waals surface area contributed by atoms with Crippen LogP contribution in [0.2, 0.25) is 0 Å². The zero-order chi connectivity index (χ0) is 11.1. The summed E-state index contributed by atoms with van der Waals surface area (Å²) in [5.74, 6) is 0.190. The first-order chi connectivity index (χ1) is 7.24. The molecule has 80 valence electrons. The second-order valence-electron chi connectivity index (χ2n) is 3.47. The molecule has 0 aliphatic rings. The van der Waals surface area contributed by atoms with Crippen molar-refractivity contribution < 1.29 is 4.79 Å². The molecule has 15 heavy (non-hydrogen) atoms. The highest BCUT2D eigenvalue weighted by atomic mass is 16.1. The maximum absolute atomic E-state index is 11.2. The molecular weight excluding hydrogens is 186 g/mol. The van der Waals surface area contributed by atoms with E-state index in [-0.39, 0.29) is 5.78 Å². The molecule has 0 unspecified atom stereocenters. The highest BCUT2D eigenvalue weighted by molar-refractivity contribution is 5.94. The number of allylic oxidation sites excluding steroid dienone is 1. The maximum atomic E-state index is 11.2. The van der Waals surface area contributed by atoms with E-state index >= 15 is 0 Å². The number of ketones is 1. The predicted octanol–water partition coefficient (Wildman–Crippen LogP) is 2.66. The molecule has 0 radical (unpaired) electrons. The van der Waals surface area contributed by atoms with Gasteiger partial charge in [-0.1, -0.05) is 37.3 Å². The Morgan fingerprint density at radius 1 is 1.33 bits per heavy atom. The van der Waals surface area contributed by atoms with Crippen molar-refractivity contribution in [3.63, 3.8) is 0 Å².